The minimum atomic E-state index is -4.33. The van der Waals surface area contributed by atoms with Crippen LogP contribution in [0.3, 0.4) is 0 Å². The van der Waals surface area contributed by atoms with Crippen LogP contribution in [0.25, 0.3) is 10.8 Å². The molecule has 41 heavy (non-hydrogen) atoms. The second kappa shape index (κ2) is 11.7. The van der Waals surface area contributed by atoms with Crippen LogP contribution in [-0.4, -0.2) is 53.6 Å². The maximum atomic E-state index is 13.3. The molecule has 4 rings (SSSR count). The van der Waals surface area contributed by atoms with E-state index in [-0.39, 0.29) is 84.4 Å². The molecule has 2 aliphatic carbocycles. The van der Waals surface area contributed by atoms with Gasteiger partial charge in [0, 0.05) is 39.5 Å². The molecule has 0 aromatic heterocycles. The van der Waals surface area contributed by atoms with E-state index in [1.807, 2.05) is 0 Å². The minimum absolute atomic E-state index is 0.0658. The molecule has 0 saturated heterocycles. The second-order valence-corrected chi connectivity index (χ2v) is 10.7. The summed E-state index contributed by atoms with van der Waals surface area (Å²) in [5.74, 6) is -5.89. The van der Waals surface area contributed by atoms with E-state index in [1.54, 1.807) is 0 Å². The molecule has 2 aromatic rings. The molecule has 2 amide bonds. The summed E-state index contributed by atoms with van der Waals surface area (Å²) in [5.41, 5.74) is -0.778. The summed E-state index contributed by atoms with van der Waals surface area (Å²) in [6.07, 6.45) is -8.66. The first-order valence-electron chi connectivity index (χ1n) is 13.2. The number of carbonyl (C=O) groups is 4. The van der Waals surface area contributed by atoms with E-state index in [4.69, 9.17) is 0 Å². The first-order valence-corrected chi connectivity index (χ1v) is 13.2. The normalized spacial score (nSPS) is 23.6. The highest BCUT2D eigenvalue weighted by molar-refractivity contribution is 6.22. The monoisotopic (exact) mass is 586 g/mol. The van der Waals surface area contributed by atoms with Crippen LogP contribution >= 0.6 is 0 Å². The van der Waals surface area contributed by atoms with Crippen LogP contribution in [0.1, 0.15) is 92.8 Å². The average Bonchev–Trinajstić information content (AvgIpc) is 2.91. The van der Waals surface area contributed by atoms with Crippen molar-refractivity contribution < 1.29 is 50.6 Å². The van der Waals surface area contributed by atoms with Gasteiger partial charge in [0.1, 0.15) is 0 Å². The Morgan fingerprint density at radius 1 is 0.659 bits per heavy atom. The van der Waals surface area contributed by atoms with Gasteiger partial charge in [-0.15, -0.1) is 0 Å². The van der Waals surface area contributed by atoms with E-state index in [2.05, 4.69) is 10.6 Å². The van der Waals surface area contributed by atoms with Gasteiger partial charge in [-0.1, -0.05) is 6.07 Å². The first-order chi connectivity index (χ1) is 19.2. The second-order valence-electron chi connectivity index (χ2n) is 10.7. The summed E-state index contributed by atoms with van der Waals surface area (Å²) in [7, 11) is 0. The Bertz CT molecular complexity index is 1340. The molecule has 0 unspecified atom stereocenters. The van der Waals surface area contributed by atoms with E-state index in [1.165, 1.54) is 18.2 Å². The third-order valence-electron chi connectivity index (χ3n) is 8.09. The largest absolute Gasteiger partial charge is 0.478 e. The molecule has 2 fully saturated rings. The molecule has 0 spiro atoms. The molecule has 2 saturated carbocycles. The number of benzene rings is 2. The molecular weight excluding hydrogens is 558 g/mol. The molecule has 3 N–H and O–H groups in total. The van der Waals surface area contributed by atoms with E-state index >= 15 is 0 Å². The molecular formula is C28H28F6N2O5. The fourth-order valence-corrected chi connectivity index (χ4v) is 5.83. The Kier molecular flexibility index (Phi) is 8.65. The van der Waals surface area contributed by atoms with Crippen molar-refractivity contribution in [3.63, 3.8) is 0 Å². The smallest absolute Gasteiger partial charge is 0.391 e. The number of carbonyl (C=O) groups excluding carboxylic acids is 3. The van der Waals surface area contributed by atoms with Crippen LogP contribution in [0.4, 0.5) is 26.3 Å². The van der Waals surface area contributed by atoms with Crippen molar-refractivity contribution in [2.75, 3.05) is 0 Å². The highest BCUT2D eigenvalue weighted by Crippen LogP contribution is 2.39. The van der Waals surface area contributed by atoms with Gasteiger partial charge in [-0.25, -0.2) is 4.79 Å². The molecule has 13 heteroatoms. The molecule has 0 heterocycles. The van der Waals surface area contributed by atoms with Crippen LogP contribution < -0.4 is 10.6 Å². The number of aldehydes is 1. The average molecular weight is 587 g/mol. The maximum absolute atomic E-state index is 13.3. The van der Waals surface area contributed by atoms with Gasteiger partial charge in [-0.2, -0.15) is 26.3 Å². The SMILES string of the molecule is O=Cc1ccc(C(=O)NC2CCC(C(F)(F)F)CC2)c2c(C(=O)O)ccc(C(=O)NC3CCC(C(F)(F)F)CC3)c12. The van der Waals surface area contributed by atoms with Gasteiger partial charge in [0.2, 0.25) is 0 Å². The lowest BCUT2D eigenvalue weighted by molar-refractivity contribution is -0.183. The van der Waals surface area contributed by atoms with Gasteiger partial charge < -0.3 is 15.7 Å². The van der Waals surface area contributed by atoms with Crippen LogP contribution in [0.15, 0.2) is 24.3 Å². The number of hydrogen-bond donors (Lipinski definition) is 3. The number of hydrogen-bond acceptors (Lipinski definition) is 4. The van der Waals surface area contributed by atoms with Crippen molar-refractivity contribution in [1.82, 2.24) is 10.6 Å². The Balaban J connectivity index is 1.63. The Morgan fingerprint density at radius 3 is 1.44 bits per heavy atom. The van der Waals surface area contributed by atoms with E-state index < -0.39 is 54.1 Å². The third kappa shape index (κ3) is 6.65. The summed E-state index contributed by atoms with van der Waals surface area (Å²) in [5, 5.41) is 14.8. The standard InChI is InChI=1S/C28H28F6N2O5/c29-27(30,31)15-2-6-17(7-3-15)35-24(38)19-11-12-21(26(40)41)23-20(10-1-14(13-37)22(19)23)25(39)36-18-8-4-16(5-9-18)28(32,33)34/h1,10-13,15-18H,2-9H2,(H,35,38)(H,36,39)(H,40,41). The number of nitrogens with one attached hydrogen (secondary N) is 2. The molecule has 0 atom stereocenters. The van der Waals surface area contributed by atoms with Crippen molar-refractivity contribution in [2.24, 2.45) is 11.8 Å². The zero-order chi connectivity index (χ0) is 30.1. The van der Waals surface area contributed by atoms with Crippen molar-refractivity contribution in [3.05, 3.63) is 46.5 Å². The lowest BCUT2D eigenvalue weighted by Crippen LogP contribution is -2.40. The number of carboxylic acids is 1. The fourth-order valence-electron chi connectivity index (χ4n) is 5.83. The van der Waals surface area contributed by atoms with E-state index in [0.717, 1.165) is 6.07 Å². The highest BCUT2D eigenvalue weighted by Gasteiger charge is 2.42. The molecule has 0 aliphatic heterocycles. The van der Waals surface area contributed by atoms with Gasteiger partial charge >= 0.3 is 18.3 Å². The summed E-state index contributed by atoms with van der Waals surface area (Å²) < 4.78 is 78.2. The number of aromatic carboxylic acids is 1. The van der Waals surface area contributed by atoms with Gasteiger partial charge in [-0.3, -0.25) is 14.4 Å². The molecule has 0 radical (unpaired) electrons. The van der Waals surface area contributed by atoms with Crippen LogP contribution in [0.5, 0.6) is 0 Å². The van der Waals surface area contributed by atoms with Crippen molar-refractivity contribution >= 4 is 34.8 Å². The predicted molar refractivity (Wildman–Crippen MR) is 135 cm³/mol. The summed E-state index contributed by atoms with van der Waals surface area (Å²) in [6, 6.07) is 3.56. The number of amides is 2. The molecule has 222 valence electrons. The number of rotatable bonds is 6. The number of fused-ring (bicyclic) bond motifs is 1. The summed E-state index contributed by atoms with van der Waals surface area (Å²) >= 11 is 0. The van der Waals surface area contributed by atoms with Gasteiger partial charge in [-0.05, 0) is 69.6 Å². The van der Waals surface area contributed by atoms with Gasteiger partial charge in [0.25, 0.3) is 11.8 Å². The predicted octanol–water partition coefficient (Wildman–Crippen LogP) is 6.05. The lowest BCUT2D eigenvalue weighted by atomic mass is 9.85. The fraction of sp³-hybridized carbons (Fsp3) is 0.500. The van der Waals surface area contributed by atoms with Crippen LogP contribution in [0, 0.1) is 11.8 Å². The van der Waals surface area contributed by atoms with Gasteiger partial charge in [0.05, 0.1) is 17.4 Å². The molecule has 0 bridgehead atoms. The van der Waals surface area contributed by atoms with E-state index in [9.17, 15) is 50.6 Å². The first kappa shape index (κ1) is 30.3. The minimum Gasteiger partial charge on any atom is -0.478 e. The summed E-state index contributed by atoms with van der Waals surface area (Å²) in [6.45, 7) is 0. The Labute approximate surface area is 230 Å². The molecule has 2 aromatic carbocycles. The van der Waals surface area contributed by atoms with Crippen molar-refractivity contribution in [3.8, 4) is 0 Å². The number of halogens is 6. The van der Waals surface area contributed by atoms with Gasteiger partial charge in [0.15, 0.2) is 6.29 Å². The van der Waals surface area contributed by atoms with Crippen molar-refractivity contribution in [2.45, 2.75) is 75.8 Å². The number of carboxylic acid groups (broad SMARTS) is 1. The quantitative estimate of drug-likeness (QED) is 0.282. The highest BCUT2D eigenvalue weighted by atomic mass is 19.4. The number of alkyl halides is 6. The summed E-state index contributed by atoms with van der Waals surface area (Å²) in [4.78, 5) is 50.6. The third-order valence-corrected chi connectivity index (χ3v) is 8.09. The Morgan fingerprint density at radius 2 is 1.05 bits per heavy atom. The van der Waals surface area contributed by atoms with Crippen LogP contribution in [0.2, 0.25) is 0 Å². The molecule has 2 aliphatic rings. The Hall–Kier alpha value is -3.64. The van der Waals surface area contributed by atoms with Crippen molar-refractivity contribution in [1.29, 1.82) is 0 Å². The topological polar surface area (TPSA) is 113 Å². The zero-order valence-corrected chi connectivity index (χ0v) is 21.7. The van der Waals surface area contributed by atoms with E-state index in [0.29, 0.717) is 6.29 Å². The van der Waals surface area contributed by atoms with Crippen LogP contribution in [-0.2, 0) is 0 Å². The molecule has 7 nitrogen and oxygen atoms in total. The zero-order valence-electron chi connectivity index (χ0n) is 21.7. The lowest BCUT2D eigenvalue weighted by Gasteiger charge is -2.30. The maximum Gasteiger partial charge on any atom is 0.391 e.